The summed E-state index contributed by atoms with van der Waals surface area (Å²) in [6.07, 6.45) is -2.47. The molecular formula is C17H20O9. The summed E-state index contributed by atoms with van der Waals surface area (Å²) in [6, 6.07) is 4.51. The molecule has 1 saturated heterocycles. The Morgan fingerprint density at radius 2 is 2.12 bits per heavy atom. The number of carbonyl (C=O) groups is 2. The second kappa shape index (κ2) is 8.65. The molecule has 0 radical (unpaired) electrons. The number of phenols is 1. The van der Waals surface area contributed by atoms with Crippen molar-refractivity contribution in [2.45, 2.75) is 24.4 Å². The highest BCUT2D eigenvalue weighted by Gasteiger charge is 2.47. The van der Waals surface area contributed by atoms with E-state index in [1.807, 2.05) is 0 Å². The number of carbonyl (C=O) groups excluding carboxylic acids is 2. The minimum Gasteiger partial charge on any atom is -0.504 e. The molecule has 0 saturated carbocycles. The molecule has 1 aromatic rings. The molecule has 1 fully saturated rings. The minimum absolute atomic E-state index is 0.0312. The van der Waals surface area contributed by atoms with Gasteiger partial charge < -0.3 is 34.3 Å². The van der Waals surface area contributed by atoms with E-state index in [9.17, 15) is 24.9 Å². The van der Waals surface area contributed by atoms with Crippen LogP contribution in [0.3, 0.4) is 0 Å². The fourth-order valence-corrected chi connectivity index (χ4v) is 2.42. The molecule has 0 spiro atoms. The molecule has 1 heterocycles. The average Bonchev–Trinajstić information content (AvgIpc) is 2.93. The number of aliphatic hydroxyl groups is 2. The number of cyclic esters (lactones) is 1. The molecule has 26 heavy (non-hydrogen) atoms. The maximum absolute atomic E-state index is 11.7. The topological polar surface area (TPSA) is 132 Å². The van der Waals surface area contributed by atoms with Crippen LogP contribution in [0.4, 0.5) is 0 Å². The SMILES string of the molecule is COc1cc(C=CC(=O)OC[C@H](O)[C@@H]2OC(=O)[C@H](O)[C@@H]2OC)ccc1O. The largest absolute Gasteiger partial charge is 0.504 e. The Bertz CT molecular complexity index is 685. The lowest BCUT2D eigenvalue weighted by molar-refractivity contribution is -0.154. The molecule has 0 amide bonds. The third-order valence-electron chi connectivity index (χ3n) is 3.79. The summed E-state index contributed by atoms with van der Waals surface area (Å²) in [5, 5.41) is 29.1. The molecule has 3 N–H and O–H groups in total. The zero-order valence-electron chi connectivity index (χ0n) is 14.2. The second-order valence-corrected chi connectivity index (χ2v) is 5.51. The van der Waals surface area contributed by atoms with Crippen LogP contribution in [0.5, 0.6) is 11.5 Å². The van der Waals surface area contributed by atoms with Crippen molar-refractivity contribution in [2.24, 2.45) is 0 Å². The van der Waals surface area contributed by atoms with Crippen molar-refractivity contribution >= 4 is 18.0 Å². The third kappa shape index (κ3) is 4.51. The molecule has 2 rings (SSSR count). The van der Waals surface area contributed by atoms with Crippen molar-refractivity contribution in [2.75, 3.05) is 20.8 Å². The van der Waals surface area contributed by atoms with Gasteiger partial charge in [-0.25, -0.2) is 9.59 Å². The van der Waals surface area contributed by atoms with Gasteiger partial charge in [0.15, 0.2) is 23.7 Å². The number of hydrogen-bond donors (Lipinski definition) is 3. The number of ether oxygens (including phenoxy) is 4. The Morgan fingerprint density at radius 3 is 2.77 bits per heavy atom. The molecule has 0 bridgehead atoms. The molecule has 1 aliphatic heterocycles. The summed E-state index contributed by atoms with van der Waals surface area (Å²) >= 11 is 0. The van der Waals surface area contributed by atoms with E-state index < -0.39 is 43.0 Å². The van der Waals surface area contributed by atoms with E-state index in [0.29, 0.717) is 5.56 Å². The van der Waals surface area contributed by atoms with Crippen LogP contribution in [0, 0.1) is 0 Å². The van der Waals surface area contributed by atoms with Gasteiger partial charge in [0.2, 0.25) is 0 Å². The van der Waals surface area contributed by atoms with Crippen LogP contribution in [-0.2, 0) is 23.8 Å². The van der Waals surface area contributed by atoms with Gasteiger partial charge in [-0.3, -0.25) is 0 Å². The van der Waals surface area contributed by atoms with Gasteiger partial charge in [0.1, 0.15) is 18.8 Å². The number of hydrogen-bond acceptors (Lipinski definition) is 9. The number of phenolic OH excluding ortho intramolecular Hbond substituents is 1. The average molecular weight is 368 g/mol. The van der Waals surface area contributed by atoms with Gasteiger partial charge in [-0.2, -0.15) is 0 Å². The molecule has 9 nitrogen and oxygen atoms in total. The fraction of sp³-hybridized carbons (Fsp3) is 0.412. The van der Waals surface area contributed by atoms with Gasteiger partial charge in [0.05, 0.1) is 7.11 Å². The highest BCUT2D eigenvalue weighted by Crippen LogP contribution is 2.26. The predicted molar refractivity (Wildman–Crippen MR) is 87.3 cm³/mol. The Morgan fingerprint density at radius 1 is 1.38 bits per heavy atom. The summed E-state index contributed by atoms with van der Waals surface area (Å²) in [6.45, 7) is -0.452. The first-order valence-electron chi connectivity index (χ1n) is 7.68. The maximum atomic E-state index is 11.7. The first-order valence-corrected chi connectivity index (χ1v) is 7.68. The summed E-state index contributed by atoms with van der Waals surface area (Å²) in [4.78, 5) is 23.1. The second-order valence-electron chi connectivity index (χ2n) is 5.51. The van der Waals surface area contributed by atoms with Crippen molar-refractivity contribution in [3.63, 3.8) is 0 Å². The molecule has 0 aliphatic carbocycles. The number of rotatable bonds is 7. The van der Waals surface area contributed by atoms with Gasteiger partial charge in [-0.05, 0) is 23.8 Å². The van der Waals surface area contributed by atoms with Crippen molar-refractivity contribution in [1.82, 2.24) is 0 Å². The fourth-order valence-electron chi connectivity index (χ4n) is 2.42. The molecule has 9 heteroatoms. The Kier molecular flexibility index (Phi) is 6.56. The molecule has 0 unspecified atom stereocenters. The van der Waals surface area contributed by atoms with E-state index in [1.165, 1.54) is 32.4 Å². The molecule has 1 aromatic carbocycles. The van der Waals surface area contributed by atoms with Crippen molar-refractivity contribution < 1.29 is 43.9 Å². The molecule has 4 atom stereocenters. The summed E-state index contributed by atoms with van der Waals surface area (Å²) < 4.78 is 19.6. The zero-order chi connectivity index (χ0) is 19.3. The Balaban J connectivity index is 1.89. The number of aromatic hydroxyl groups is 1. The summed E-state index contributed by atoms with van der Waals surface area (Å²) in [5.41, 5.74) is 0.587. The van der Waals surface area contributed by atoms with Crippen LogP contribution >= 0.6 is 0 Å². The van der Waals surface area contributed by atoms with Gasteiger partial charge in [-0.15, -0.1) is 0 Å². The number of esters is 2. The lowest BCUT2D eigenvalue weighted by atomic mass is 10.1. The number of aliphatic hydroxyl groups excluding tert-OH is 2. The maximum Gasteiger partial charge on any atom is 0.338 e. The van der Waals surface area contributed by atoms with E-state index in [1.54, 1.807) is 6.07 Å². The van der Waals surface area contributed by atoms with E-state index in [2.05, 4.69) is 0 Å². The monoisotopic (exact) mass is 368 g/mol. The minimum atomic E-state index is -1.50. The molecule has 1 aliphatic rings. The highest BCUT2D eigenvalue weighted by atomic mass is 16.6. The van der Waals surface area contributed by atoms with Crippen LogP contribution in [0.15, 0.2) is 24.3 Å². The van der Waals surface area contributed by atoms with Crippen LogP contribution in [0.1, 0.15) is 5.56 Å². The molecular weight excluding hydrogens is 348 g/mol. The standard InChI is InChI=1S/C17H20O9/c1-23-12-7-9(3-5-10(12)18)4-6-13(20)25-8-11(19)15-16(24-2)14(21)17(22)26-15/h3-7,11,14-16,18-19,21H,8H2,1-2H3/t11-,14+,15-,16-/m0/s1. The van der Waals surface area contributed by atoms with Gasteiger partial charge in [0.25, 0.3) is 0 Å². The van der Waals surface area contributed by atoms with Crippen molar-refractivity contribution in [3.05, 3.63) is 29.8 Å². The third-order valence-corrected chi connectivity index (χ3v) is 3.79. The summed E-state index contributed by atoms with van der Waals surface area (Å²) in [7, 11) is 2.66. The lowest BCUT2D eigenvalue weighted by Crippen LogP contribution is -2.42. The quantitative estimate of drug-likeness (QED) is 0.435. The smallest absolute Gasteiger partial charge is 0.338 e. The lowest BCUT2D eigenvalue weighted by Gasteiger charge is -2.21. The van der Waals surface area contributed by atoms with Crippen molar-refractivity contribution in [3.8, 4) is 11.5 Å². The normalized spacial score (nSPS) is 23.7. The number of benzene rings is 1. The number of methoxy groups -OCH3 is 2. The van der Waals surface area contributed by atoms with E-state index >= 15 is 0 Å². The van der Waals surface area contributed by atoms with Gasteiger partial charge in [-0.1, -0.05) is 6.07 Å². The van der Waals surface area contributed by atoms with Crippen LogP contribution < -0.4 is 4.74 Å². The van der Waals surface area contributed by atoms with Crippen LogP contribution in [0.25, 0.3) is 6.08 Å². The first kappa shape index (κ1) is 19.7. The van der Waals surface area contributed by atoms with Crippen LogP contribution in [-0.4, -0.2) is 72.5 Å². The van der Waals surface area contributed by atoms with Gasteiger partial charge in [0, 0.05) is 13.2 Å². The first-order chi connectivity index (χ1) is 12.4. The Hall–Kier alpha value is -2.62. The van der Waals surface area contributed by atoms with Crippen LogP contribution in [0.2, 0.25) is 0 Å². The molecule has 0 aromatic heterocycles. The van der Waals surface area contributed by atoms with E-state index in [4.69, 9.17) is 18.9 Å². The van der Waals surface area contributed by atoms with E-state index in [-0.39, 0.29) is 11.5 Å². The Labute approximate surface area is 149 Å². The van der Waals surface area contributed by atoms with E-state index in [0.717, 1.165) is 6.08 Å². The van der Waals surface area contributed by atoms with Gasteiger partial charge >= 0.3 is 11.9 Å². The predicted octanol–water partition coefficient (Wildman–Crippen LogP) is -0.381. The summed E-state index contributed by atoms with van der Waals surface area (Å²) in [5.74, 6) is -1.43. The van der Waals surface area contributed by atoms with Crippen molar-refractivity contribution in [1.29, 1.82) is 0 Å². The zero-order valence-corrected chi connectivity index (χ0v) is 14.2. The highest BCUT2D eigenvalue weighted by molar-refractivity contribution is 5.87. The molecule has 142 valence electrons.